The number of rotatable bonds is 6. The summed E-state index contributed by atoms with van der Waals surface area (Å²) in [5, 5.41) is 12.4. The maximum absolute atomic E-state index is 11.6. The van der Waals surface area contributed by atoms with E-state index in [1.54, 1.807) is 0 Å². The van der Waals surface area contributed by atoms with E-state index in [0.717, 1.165) is 5.56 Å². The molecule has 1 atom stereocenters. The van der Waals surface area contributed by atoms with Gasteiger partial charge in [0.2, 0.25) is 5.91 Å². The van der Waals surface area contributed by atoms with Gasteiger partial charge in [0.25, 0.3) is 0 Å². The van der Waals surface area contributed by atoms with Crippen molar-refractivity contribution in [1.82, 2.24) is 5.32 Å². The number of aliphatic hydroxyl groups is 1. The van der Waals surface area contributed by atoms with Crippen LogP contribution in [0.25, 0.3) is 0 Å². The second-order valence-electron chi connectivity index (χ2n) is 5.15. The molecule has 0 radical (unpaired) electrons. The third kappa shape index (κ3) is 3.94. The van der Waals surface area contributed by atoms with Crippen molar-refractivity contribution in [3.8, 4) is 5.75 Å². The normalized spacial score (nSPS) is 17.6. The third-order valence-electron chi connectivity index (χ3n) is 3.17. The highest BCUT2D eigenvalue weighted by molar-refractivity contribution is 5.88. The molecular weight excluding hydrogens is 244 g/mol. The Morgan fingerprint density at radius 2 is 2.32 bits per heavy atom. The number of ether oxygens (including phenoxy) is 1. The Labute approximate surface area is 112 Å². The molecule has 1 aliphatic carbocycles. The van der Waals surface area contributed by atoms with Gasteiger partial charge < -0.3 is 20.9 Å². The largest absolute Gasteiger partial charge is 0.491 e. The van der Waals surface area contributed by atoms with Crippen LogP contribution in [0.5, 0.6) is 5.75 Å². The molecule has 1 saturated carbocycles. The molecule has 0 spiro atoms. The van der Waals surface area contributed by atoms with Gasteiger partial charge in [-0.3, -0.25) is 4.79 Å². The van der Waals surface area contributed by atoms with E-state index in [4.69, 9.17) is 10.5 Å². The average Bonchev–Trinajstić information content (AvgIpc) is 3.13. The molecule has 5 heteroatoms. The van der Waals surface area contributed by atoms with Crippen LogP contribution in [-0.4, -0.2) is 35.8 Å². The lowest BCUT2D eigenvalue weighted by molar-refractivity contribution is -0.123. The summed E-state index contributed by atoms with van der Waals surface area (Å²) >= 11 is 0. The monoisotopic (exact) mass is 264 g/mol. The van der Waals surface area contributed by atoms with Crippen molar-refractivity contribution in [2.75, 3.05) is 13.2 Å². The molecule has 1 amide bonds. The molecule has 1 unspecified atom stereocenters. The van der Waals surface area contributed by atoms with Crippen LogP contribution in [0.15, 0.2) is 24.3 Å². The van der Waals surface area contributed by atoms with E-state index in [-0.39, 0.29) is 19.1 Å². The summed E-state index contributed by atoms with van der Waals surface area (Å²) in [4.78, 5) is 11.6. The zero-order chi connectivity index (χ0) is 13.9. The van der Waals surface area contributed by atoms with E-state index in [1.807, 2.05) is 31.2 Å². The molecule has 1 fully saturated rings. The molecule has 1 aromatic carbocycles. The molecule has 4 N–H and O–H groups in total. The summed E-state index contributed by atoms with van der Waals surface area (Å²) in [6, 6.07) is 7.59. The number of benzene rings is 1. The SMILES string of the molecule is Cc1cccc(OCC(O)CNC(=O)C2(N)CC2)c1. The van der Waals surface area contributed by atoms with Gasteiger partial charge in [0.15, 0.2) is 0 Å². The van der Waals surface area contributed by atoms with Gasteiger partial charge in [0.1, 0.15) is 18.5 Å². The van der Waals surface area contributed by atoms with E-state index in [2.05, 4.69) is 5.32 Å². The Kier molecular flexibility index (Phi) is 4.07. The molecule has 0 heterocycles. The first-order valence-corrected chi connectivity index (χ1v) is 6.44. The van der Waals surface area contributed by atoms with E-state index in [0.29, 0.717) is 18.6 Å². The molecule has 1 aromatic rings. The predicted molar refractivity (Wildman–Crippen MR) is 71.8 cm³/mol. The Hall–Kier alpha value is -1.59. The van der Waals surface area contributed by atoms with E-state index >= 15 is 0 Å². The van der Waals surface area contributed by atoms with Crippen molar-refractivity contribution < 1.29 is 14.6 Å². The maximum Gasteiger partial charge on any atom is 0.240 e. The van der Waals surface area contributed by atoms with Crippen molar-refractivity contribution in [2.24, 2.45) is 5.73 Å². The number of carbonyl (C=O) groups is 1. The molecule has 0 saturated heterocycles. The van der Waals surface area contributed by atoms with Crippen LogP contribution in [0.4, 0.5) is 0 Å². The van der Waals surface area contributed by atoms with Gasteiger partial charge in [0.05, 0.1) is 5.54 Å². The van der Waals surface area contributed by atoms with Gasteiger partial charge in [-0.15, -0.1) is 0 Å². The van der Waals surface area contributed by atoms with Crippen LogP contribution >= 0.6 is 0 Å². The Bertz CT molecular complexity index is 458. The lowest BCUT2D eigenvalue weighted by atomic mass is 10.2. The summed E-state index contributed by atoms with van der Waals surface area (Å²) in [6.45, 7) is 2.27. The van der Waals surface area contributed by atoms with Crippen molar-refractivity contribution in [1.29, 1.82) is 0 Å². The first kappa shape index (κ1) is 13.8. The molecule has 104 valence electrons. The van der Waals surface area contributed by atoms with Gasteiger partial charge in [-0.25, -0.2) is 0 Å². The summed E-state index contributed by atoms with van der Waals surface area (Å²) in [6.07, 6.45) is 0.690. The highest BCUT2D eigenvalue weighted by atomic mass is 16.5. The summed E-state index contributed by atoms with van der Waals surface area (Å²) < 4.78 is 5.45. The Balaban J connectivity index is 1.70. The predicted octanol–water partition coefficient (Wildman–Crippen LogP) is 0.342. The lowest BCUT2D eigenvalue weighted by Crippen LogP contribution is -2.46. The minimum absolute atomic E-state index is 0.140. The average molecular weight is 264 g/mol. The zero-order valence-electron chi connectivity index (χ0n) is 11.1. The first-order chi connectivity index (χ1) is 8.99. The van der Waals surface area contributed by atoms with Gasteiger partial charge in [0, 0.05) is 6.54 Å². The standard InChI is InChI=1S/C14H20N2O3/c1-10-3-2-4-12(7-10)19-9-11(17)8-16-13(18)14(15)5-6-14/h2-4,7,11,17H,5-6,8-9,15H2,1H3,(H,16,18). The molecule has 1 aliphatic rings. The minimum atomic E-state index is -0.744. The Morgan fingerprint density at radius 1 is 1.58 bits per heavy atom. The van der Waals surface area contributed by atoms with Gasteiger partial charge >= 0.3 is 0 Å². The van der Waals surface area contributed by atoms with Crippen LogP contribution in [0.3, 0.4) is 0 Å². The third-order valence-corrected chi connectivity index (χ3v) is 3.17. The van der Waals surface area contributed by atoms with E-state index in [1.165, 1.54) is 0 Å². The second-order valence-corrected chi connectivity index (χ2v) is 5.15. The fraction of sp³-hybridized carbons (Fsp3) is 0.500. The van der Waals surface area contributed by atoms with Crippen LogP contribution in [0.1, 0.15) is 18.4 Å². The molecule has 0 bridgehead atoms. The number of aryl methyl sites for hydroxylation is 1. The smallest absolute Gasteiger partial charge is 0.240 e. The molecule has 19 heavy (non-hydrogen) atoms. The molecule has 5 nitrogen and oxygen atoms in total. The molecule has 0 aromatic heterocycles. The van der Waals surface area contributed by atoms with Crippen molar-refractivity contribution in [3.63, 3.8) is 0 Å². The molecule has 2 rings (SSSR count). The number of amides is 1. The lowest BCUT2D eigenvalue weighted by Gasteiger charge is -2.15. The van der Waals surface area contributed by atoms with Crippen LogP contribution in [0, 0.1) is 6.92 Å². The van der Waals surface area contributed by atoms with Crippen LogP contribution < -0.4 is 15.8 Å². The van der Waals surface area contributed by atoms with E-state index < -0.39 is 11.6 Å². The summed E-state index contributed by atoms with van der Waals surface area (Å²) in [5.74, 6) is 0.518. The zero-order valence-corrected chi connectivity index (χ0v) is 11.1. The quantitative estimate of drug-likeness (QED) is 0.692. The highest BCUT2D eigenvalue weighted by Crippen LogP contribution is 2.31. The maximum atomic E-state index is 11.6. The van der Waals surface area contributed by atoms with Crippen LogP contribution in [-0.2, 0) is 4.79 Å². The molecule has 0 aliphatic heterocycles. The number of hydrogen-bond acceptors (Lipinski definition) is 4. The van der Waals surface area contributed by atoms with Gasteiger partial charge in [-0.05, 0) is 37.5 Å². The van der Waals surface area contributed by atoms with Crippen molar-refractivity contribution >= 4 is 5.91 Å². The van der Waals surface area contributed by atoms with Crippen molar-refractivity contribution in [2.45, 2.75) is 31.4 Å². The number of aliphatic hydroxyl groups excluding tert-OH is 1. The fourth-order valence-electron chi connectivity index (χ4n) is 1.70. The molecular formula is C14H20N2O3. The highest BCUT2D eigenvalue weighted by Gasteiger charge is 2.45. The number of nitrogens with two attached hydrogens (primary N) is 1. The number of hydrogen-bond donors (Lipinski definition) is 3. The second kappa shape index (κ2) is 5.59. The van der Waals surface area contributed by atoms with E-state index in [9.17, 15) is 9.90 Å². The summed E-state index contributed by atoms with van der Waals surface area (Å²) in [7, 11) is 0. The fourth-order valence-corrected chi connectivity index (χ4v) is 1.70. The van der Waals surface area contributed by atoms with Gasteiger partial charge in [-0.2, -0.15) is 0 Å². The Morgan fingerprint density at radius 3 is 2.95 bits per heavy atom. The van der Waals surface area contributed by atoms with Gasteiger partial charge in [-0.1, -0.05) is 12.1 Å². The summed E-state index contributed by atoms with van der Waals surface area (Å²) in [5.41, 5.74) is 6.13. The van der Waals surface area contributed by atoms with Crippen molar-refractivity contribution in [3.05, 3.63) is 29.8 Å². The first-order valence-electron chi connectivity index (χ1n) is 6.44. The minimum Gasteiger partial charge on any atom is -0.491 e. The number of nitrogens with one attached hydrogen (secondary N) is 1. The number of carbonyl (C=O) groups excluding carboxylic acids is 1. The topological polar surface area (TPSA) is 84.6 Å². The van der Waals surface area contributed by atoms with Crippen LogP contribution in [0.2, 0.25) is 0 Å².